The fraction of sp³-hybridized carbons (Fsp3) is 0.706. The molecule has 3 unspecified atom stereocenters. The van der Waals surface area contributed by atoms with E-state index >= 15 is 0 Å². The van der Waals surface area contributed by atoms with Crippen LogP contribution in [0.4, 0.5) is 0 Å². The number of amides is 1. The minimum Gasteiger partial charge on any atom is -0.476 e. The van der Waals surface area contributed by atoms with Gasteiger partial charge in [-0.05, 0) is 25.2 Å². The summed E-state index contributed by atoms with van der Waals surface area (Å²) in [4.78, 5) is 27.1. The first-order valence-corrected chi connectivity index (χ1v) is 9.48. The van der Waals surface area contributed by atoms with E-state index < -0.39 is 12.1 Å². The average Bonchev–Trinajstić information content (AvgIpc) is 3.01. The molecule has 1 amide bonds. The molecule has 0 spiro atoms. The number of nitrogens with zero attached hydrogens (tertiary/aromatic N) is 1. The van der Waals surface area contributed by atoms with Gasteiger partial charge < -0.3 is 15.2 Å². The van der Waals surface area contributed by atoms with Crippen LogP contribution < -0.4 is 5.32 Å². The molecule has 1 aromatic heterocycles. The molecule has 1 fully saturated rings. The molecule has 0 saturated heterocycles. The molecule has 7 heteroatoms. The number of aromatic carboxylic acids is 1. The van der Waals surface area contributed by atoms with Gasteiger partial charge in [-0.3, -0.25) is 4.79 Å². The molecule has 134 valence electrons. The zero-order chi connectivity index (χ0) is 17.5. The second-order valence-corrected chi connectivity index (χ2v) is 7.34. The van der Waals surface area contributed by atoms with E-state index in [1.807, 2.05) is 6.92 Å². The maximum atomic E-state index is 12.3. The Hall–Kier alpha value is -1.47. The van der Waals surface area contributed by atoms with Gasteiger partial charge in [0.05, 0.1) is 11.1 Å². The van der Waals surface area contributed by atoms with Crippen molar-refractivity contribution in [1.82, 2.24) is 10.3 Å². The summed E-state index contributed by atoms with van der Waals surface area (Å²) in [5, 5.41) is 14.0. The summed E-state index contributed by atoms with van der Waals surface area (Å²) in [6.45, 7) is 4.62. The normalized spacial score (nSPS) is 22.1. The SMILES string of the molecule is CCC(OC1CCCC(C)C1)C(=O)NCCc1nc(C(=O)O)cs1. The fourth-order valence-corrected chi connectivity index (χ4v) is 3.78. The van der Waals surface area contributed by atoms with Gasteiger partial charge >= 0.3 is 5.97 Å². The smallest absolute Gasteiger partial charge is 0.355 e. The van der Waals surface area contributed by atoms with E-state index in [9.17, 15) is 9.59 Å². The van der Waals surface area contributed by atoms with Gasteiger partial charge in [-0.2, -0.15) is 0 Å². The van der Waals surface area contributed by atoms with Crippen LogP contribution in [0.1, 0.15) is 61.4 Å². The number of carbonyl (C=O) groups excluding carboxylic acids is 1. The van der Waals surface area contributed by atoms with Gasteiger partial charge in [-0.25, -0.2) is 9.78 Å². The van der Waals surface area contributed by atoms with Crippen LogP contribution in [0.3, 0.4) is 0 Å². The van der Waals surface area contributed by atoms with Crippen molar-refractivity contribution in [1.29, 1.82) is 0 Å². The number of hydrogen-bond acceptors (Lipinski definition) is 5. The van der Waals surface area contributed by atoms with Gasteiger partial charge in [0.2, 0.25) is 5.91 Å². The zero-order valence-corrected chi connectivity index (χ0v) is 15.1. The van der Waals surface area contributed by atoms with Gasteiger partial charge in [0.25, 0.3) is 0 Å². The number of thiazole rings is 1. The molecule has 6 nitrogen and oxygen atoms in total. The molecule has 1 saturated carbocycles. The summed E-state index contributed by atoms with van der Waals surface area (Å²) in [6.07, 6.45) is 5.42. The molecule has 1 aliphatic rings. The third kappa shape index (κ3) is 5.56. The van der Waals surface area contributed by atoms with Crippen LogP contribution in [0.25, 0.3) is 0 Å². The highest BCUT2D eigenvalue weighted by Gasteiger charge is 2.25. The number of aromatic nitrogens is 1. The molecule has 0 radical (unpaired) electrons. The van der Waals surface area contributed by atoms with E-state index in [1.165, 1.54) is 29.6 Å². The number of carbonyl (C=O) groups is 2. The largest absolute Gasteiger partial charge is 0.476 e. The van der Waals surface area contributed by atoms with Gasteiger partial charge in [-0.1, -0.05) is 26.7 Å². The highest BCUT2D eigenvalue weighted by Crippen LogP contribution is 2.27. The highest BCUT2D eigenvalue weighted by molar-refractivity contribution is 7.09. The Bertz CT molecular complexity index is 561. The van der Waals surface area contributed by atoms with Gasteiger partial charge in [0.15, 0.2) is 5.69 Å². The first-order chi connectivity index (χ1) is 11.5. The van der Waals surface area contributed by atoms with Crippen molar-refractivity contribution in [3.8, 4) is 0 Å². The number of rotatable bonds is 8. The summed E-state index contributed by atoms with van der Waals surface area (Å²) in [6, 6.07) is 0. The van der Waals surface area contributed by atoms with Crippen LogP contribution in [0.15, 0.2) is 5.38 Å². The lowest BCUT2D eigenvalue weighted by Crippen LogP contribution is -2.40. The molecule has 2 N–H and O–H groups in total. The predicted molar refractivity (Wildman–Crippen MR) is 92.4 cm³/mol. The standard InChI is InChI=1S/C17H26N2O4S/c1-3-14(23-12-6-4-5-11(2)9-12)16(20)18-8-7-15-19-13(10-24-15)17(21)22/h10-12,14H,3-9H2,1-2H3,(H,18,20)(H,21,22). The lowest BCUT2D eigenvalue weighted by Gasteiger charge is -2.29. The average molecular weight is 354 g/mol. The predicted octanol–water partition coefficient (Wildman–Crippen LogP) is 2.87. The van der Waals surface area contributed by atoms with Crippen LogP contribution in [0, 0.1) is 5.92 Å². The molecule has 1 aliphatic carbocycles. The van der Waals surface area contributed by atoms with Crippen LogP contribution in [-0.2, 0) is 16.0 Å². The molecule has 0 bridgehead atoms. The number of ether oxygens (including phenoxy) is 1. The Labute approximate surface area is 146 Å². The van der Waals surface area contributed by atoms with E-state index in [0.29, 0.717) is 30.3 Å². The summed E-state index contributed by atoms with van der Waals surface area (Å²) >= 11 is 1.30. The fourth-order valence-electron chi connectivity index (χ4n) is 3.01. The molecule has 24 heavy (non-hydrogen) atoms. The summed E-state index contributed by atoms with van der Waals surface area (Å²) in [5.74, 6) is -0.453. The van der Waals surface area contributed by atoms with Gasteiger partial charge in [0.1, 0.15) is 6.10 Å². The lowest BCUT2D eigenvalue weighted by molar-refractivity contribution is -0.139. The first-order valence-electron chi connectivity index (χ1n) is 8.60. The third-order valence-electron chi connectivity index (χ3n) is 4.32. The second kappa shape index (κ2) is 9.13. The van der Waals surface area contributed by atoms with E-state index in [0.717, 1.165) is 12.8 Å². The minimum atomic E-state index is -1.03. The van der Waals surface area contributed by atoms with Crippen molar-refractivity contribution < 1.29 is 19.4 Å². The minimum absolute atomic E-state index is 0.0579. The maximum absolute atomic E-state index is 12.3. The first kappa shape index (κ1) is 18.9. The Kier molecular flexibility index (Phi) is 7.17. The molecule has 1 aromatic rings. The van der Waals surface area contributed by atoms with E-state index in [4.69, 9.17) is 9.84 Å². The third-order valence-corrected chi connectivity index (χ3v) is 5.23. The highest BCUT2D eigenvalue weighted by atomic mass is 32.1. The Morgan fingerprint density at radius 1 is 1.50 bits per heavy atom. The molecule has 2 rings (SSSR count). The Morgan fingerprint density at radius 3 is 2.92 bits per heavy atom. The van der Waals surface area contributed by atoms with Crippen molar-refractivity contribution in [2.45, 2.75) is 64.6 Å². The number of hydrogen-bond donors (Lipinski definition) is 2. The van der Waals surface area contributed by atoms with Gasteiger partial charge in [0, 0.05) is 18.3 Å². The second-order valence-electron chi connectivity index (χ2n) is 6.40. The quantitative estimate of drug-likeness (QED) is 0.749. The summed E-state index contributed by atoms with van der Waals surface area (Å²) in [5.41, 5.74) is 0.0579. The van der Waals surface area contributed by atoms with Crippen molar-refractivity contribution >= 4 is 23.2 Å². The molecule has 1 heterocycles. The van der Waals surface area contributed by atoms with E-state index in [2.05, 4.69) is 17.2 Å². The Morgan fingerprint density at radius 2 is 2.29 bits per heavy atom. The van der Waals surface area contributed by atoms with Crippen molar-refractivity contribution in [3.05, 3.63) is 16.1 Å². The Balaban J connectivity index is 1.75. The van der Waals surface area contributed by atoms with Gasteiger partial charge in [-0.15, -0.1) is 11.3 Å². The topological polar surface area (TPSA) is 88.5 Å². The summed E-state index contributed by atoms with van der Waals surface area (Å²) < 4.78 is 6.01. The van der Waals surface area contributed by atoms with Crippen molar-refractivity contribution in [3.63, 3.8) is 0 Å². The molecule has 3 atom stereocenters. The molecule has 0 aliphatic heterocycles. The van der Waals surface area contributed by atoms with Crippen LogP contribution >= 0.6 is 11.3 Å². The molecular formula is C17H26N2O4S. The van der Waals surface area contributed by atoms with E-state index in [-0.39, 0.29) is 17.7 Å². The van der Waals surface area contributed by atoms with Crippen LogP contribution in [0.5, 0.6) is 0 Å². The lowest BCUT2D eigenvalue weighted by atomic mass is 9.88. The van der Waals surface area contributed by atoms with Crippen molar-refractivity contribution in [2.75, 3.05) is 6.54 Å². The van der Waals surface area contributed by atoms with Crippen LogP contribution in [-0.4, -0.2) is 40.7 Å². The molecule has 0 aromatic carbocycles. The molecular weight excluding hydrogens is 328 g/mol. The number of nitrogens with one attached hydrogen (secondary N) is 1. The maximum Gasteiger partial charge on any atom is 0.355 e. The number of carboxylic acids is 1. The van der Waals surface area contributed by atoms with Crippen molar-refractivity contribution in [2.24, 2.45) is 5.92 Å². The van der Waals surface area contributed by atoms with Crippen LogP contribution in [0.2, 0.25) is 0 Å². The van der Waals surface area contributed by atoms with E-state index in [1.54, 1.807) is 0 Å². The monoisotopic (exact) mass is 354 g/mol. The summed E-state index contributed by atoms with van der Waals surface area (Å²) in [7, 11) is 0. The number of carboxylic acid groups (broad SMARTS) is 1. The zero-order valence-electron chi connectivity index (χ0n) is 14.3.